The van der Waals surface area contributed by atoms with E-state index in [4.69, 9.17) is 0 Å². The van der Waals surface area contributed by atoms with E-state index in [1.807, 2.05) is 45.0 Å². The van der Waals surface area contributed by atoms with E-state index < -0.39 is 0 Å². The number of aromatic nitrogens is 1. The van der Waals surface area contributed by atoms with E-state index in [0.29, 0.717) is 5.75 Å². The summed E-state index contributed by atoms with van der Waals surface area (Å²) in [6.45, 7) is 5.94. The molecule has 2 rings (SSSR count). The van der Waals surface area contributed by atoms with Gasteiger partial charge in [-0.1, -0.05) is 12.1 Å². The van der Waals surface area contributed by atoms with Gasteiger partial charge in [0.15, 0.2) is 0 Å². The number of aryl methyl sites for hydroxylation is 2. The normalized spacial score (nSPS) is 12.2. The van der Waals surface area contributed by atoms with Crippen LogP contribution in [0.15, 0.2) is 34.9 Å². The van der Waals surface area contributed by atoms with Gasteiger partial charge in [-0.3, -0.25) is 0 Å². The summed E-state index contributed by atoms with van der Waals surface area (Å²) in [6.07, 6.45) is 0. The van der Waals surface area contributed by atoms with E-state index in [1.54, 1.807) is 6.07 Å². The number of phenolic OH excluding ortho intramolecular Hbond substituents is 1. The van der Waals surface area contributed by atoms with Crippen molar-refractivity contribution < 1.29 is 5.11 Å². The molecule has 4 heteroatoms. The number of aromatic hydroxyl groups is 1. The Morgan fingerprint density at radius 3 is 2.58 bits per heavy atom. The van der Waals surface area contributed by atoms with E-state index in [2.05, 4.69) is 26.2 Å². The Labute approximate surface area is 121 Å². The predicted octanol–water partition coefficient (Wildman–Crippen LogP) is 4.34. The van der Waals surface area contributed by atoms with E-state index in [0.717, 1.165) is 27.1 Å². The first kappa shape index (κ1) is 13.9. The SMILES string of the molecule is Cc1ccc(C(C)Nc2ccc(Br)nc2C)c(O)c1. The predicted molar refractivity (Wildman–Crippen MR) is 81.6 cm³/mol. The van der Waals surface area contributed by atoms with Gasteiger partial charge in [-0.2, -0.15) is 0 Å². The summed E-state index contributed by atoms with van der Waals surface area (Å²) in [7, 11) is 0. The third-order valence-electron chi connectivity index (χ3n) is 3.08. The zero-order chi connectivity index (χ0) is 14.0. The van der Waals surface area contributed by atoms with Gasteiger partial charge in [0.05, 0.1) is 17.4 Å². The van der Waals surface area contributed by atoms with Crippen LogP contribution in [0.3, 0.4) is 0 Å². The van der Waals surface area contributed by atoms with Gasteiger partial charge in [0.25, 0.3) is 0 Å². The molecule has 0 spiro atoms. The van der Waals surface area contributed by atoms with E-state index in [1.165, 1.54) is 0 Å². The molecule has 1 unspecified atom stereocenters. The summed E-state index contributed by atoms with van der Waals surface area (Å²) >= 11 is 3.35. The van der Waals surface area contributed by atoms with Crippen LogP contribution in [0.25, 0.3) is 0 Å². The highest BCUT2D eigenvalue weighted by Gasteiger charge is 2.11. The van der Waals surface area contributed by atoms with Crippen LogP contribution in [0.2, 0.25) is 0 Å². The first-order valence-electron chi connectivity index (χ1n) is 6.16. The number of nitrogens with one attached hydrogen (secondary N) is 1. The molecule has 0 aliphatic carbocycles. The number of pyridine rings is 1. The average Bonchev–Trinajstić information content (AvgIpc) is 2.32. The van der Waals surface area contributed by atoms with Gasteiger partial charge < -0.3 is 10.4 Å². The molecule has 0 aliphatic rings. The number of anilines is 1. The van der Waals surface area contributed by atoms with Crippen LogP contribution in [-0.4, -0.2) is 10.1 Å². The molecule has 0 saturated carbocycles. The van der Waals surface area contributed by atoms with Crippen molar-refractivity contribution in [3.8, 4) is 5.75 Å². The Bertz CT molecular complexity index is 599. The molecule has 0 bridgehead atoms. The van der Waals surface area contributed by atoms with Crippen molar-refractivity contribution in [2.75, 3.05) is 5.32 Å². The van der Waals surface area contributed by atoms with Crippen molar-refractivity contribution >= 4 is 21.6 Å². The molecule has 1 aromatic heterocycles. The number of hydrogen-bond donors (Lipinski definition) is 2. The fourth-order valence-corrected chi connectivity index (χ4v) is 2.41. The Morgan fingerprint density at radius 1 is 1.21 bits per heavy atom. The molecule has 100 valence electrons. The summed E-state index contributed by atoms with van der Waals surface area (Å²) in [5, 5.41) is 13.4. The highest BCUT2D eigenvalue weighted by Crippen LogP contribution is 2.28. The number of nitrogens with zero attached hydrogens (tertiary/aromatic N) is 1. The molecule has 1 heterocycles. The average molecular weight is 321 g/mol. The topological polar surface area (TPSA) is 45.2 Å². The maximum Gasteiger partial charge on any atom is 0.121 e. The van der Waals surface area contributed by atoms with Crippen LogP contribution in [0.5, 0.6) is 5.75 Å². The summed E-state index contributed by atoms with van der Waals surface area (Å²) in [6, 6.07) is 9.62. The van der Waals surface area contributed by atoms with Gasteiger partial charge in [0.1, 0.15) is 10.4 Å². The molecular formula is C15H17BrN2O. The minimum Gasteiger partial charge on any atom is -0.508 e. The molecule has 2 aromatic rings. The second-order valence-electron chi connectivity index (χ2n) is 4.70. The maximum absolute atomic E-state index is 9.99. The largest absolute Gasteiger partial charge is 0.508 e. The monoisotopic (exact) mass is 320 g/mol. The molecule has 0 aliphatic heterocycles. The fraction of sp³-hybridized carbons (Fsp3) is 0.267. The summed E-state index contributed by atoms with van der Waals surface area (Å²) in [4.78, 5) is 4.35. The van der Waals surface area contributed by atoms with Crippen LogP contribution in [0.1, 0.15) is 29.8 Å². The lowest BCUT2D eigenvalue weighted by atomic mass is 10.0. The molecular weight excluding hydrogens is 304 g/mol. The van der Waals surface area contributed by atoms with E-state index in [-0.39, 0.29) is 6.04 Å². The minimum atomic E-state index is 0.0160. The highest BCUT2D eigenvalue weighted by atomic mass is 79.9. The van der Waals surface area contributed by atoms with Crippen LogP contribution in [0.4, 0.5) is 5.69 Å². The second kappa shape index (κ2) is 5.61. The Morgan fingerprint density at radius 2 is 1.95 bits per heavy atom. The Balaban J connectivity index is 2.23. The Kier molecular flexibility index (Phi) is 4.10. The smallest absolute Gasteiger partial charge is 0.121 e. The zero-order valence-corrected chi connectivity index (χ0v) is 12.8. The first-order chi connectivity index (χ1) is 8.97. The molecule has 0 saturated heterocycles. The third kappa shape index (κ3) is 3.26. The van der Waals surface area contributed by atoms with Crippen LogP contribution in [0, 0.1) is 13.8 Å². The number of rotatable bonds is 3. The molecule has 2 N–H and O–H groups in total. The highest BCUT2D eigenvalue weighted by molar-refractivity contribution is 9.10. The van der Waals surface area contributed by atoms with E-state index in [9.17, 15) is 5.11 Å². The van der Waals surface area contributed by atoms with Gasteiger partial charge >= 0.3 is 0 Å². The first-order valence-corrected chi connectivity index (χ1v) is 6.96. The molecule has 19 heavy (non-hydrogen) atoms. The quantitative estimate of drug-likeness (QED) is 0.827. The molecule has 0 amide bonds. The maximum atomic E-state index is 9.99. The number of phenols is 1. The van der Waals surface area contributed by atoms with Crippen LogP contribution in [-0.2, 0) is 0 Å². The molecule has 3 nitrogen and oxygen atoms in total. The zero-order valence-electron chi connectivity index (χ0n) is 11.2. The minimum absolute atomic E-state index is 0.0160. The van der Waals surface area contributed by atoms with Crippen molar-refractivity contribution in [3.05, 3.63) is 51.8 Å². The summed E-state index contributed by atoms with van der Waals surface area (Å²) < 4.78 is 0.821. The van der Waals surface area contributed by atoms with E-state index >= 15 is 0 Å². The number of halogens is 1. The number of benzene rings is 1. The fourth-order valence-electron chi connectivity index (χ4n) is 2.01. The van der Waals surface area contributed by atoms with Gasteiger partial charge in [-0.05, 0) is 60.5 Å². The van der Waals surface area contributed by atoms with Crippen molar-refractivity contribution in [1.29, 1.82) is 0 Å². The van der Waals surface area contributed by atoms with Gasteiger partial charge in [0, 0.05) is 5.56 Å². The van der Waals surface area contributed by atoms with Crippen molar-refractivity contribution in [2.24, 2.45) is 0 Å². The standard InChI is InChI=1S/C15H17BrN2O/c1-9-4-5-12(14(19)8-9)10(2)17-13-6-7-15(16)18-11(13)3/h4-8,10,17,19H,1-3H3. The lowest BCUT2D eigenvalue weighted by Crippen LogP contribution is -2.08. The second-order valence-corrected chi connectivity index (χ2v) is 5.51. The van der Waals surface area contributed by atoms with Gasteiger partial charge in [-0.15, -0.1) is 0 Å². The van der Waals surface area contributed by atoms with Gasteiger partial charge in [0.2, 0.25) is 0 Å². The van der Waals surface area contributed by atoms with Gasteiger partial charge in [-0.25, -0.2) is 4.98 Å². The third-order valence-corrected chi connectivity index (χ3v) is 3.52. The molecule has 0 fully saturated rings. The molecule has 1 atom stereocenters. The van der Waals surface area contributed by atoms with Crippen LogP contribution < -0.4 is 5.32 Å². The number of hydrogen-bond acceptors (Lipinski definition) is 3. The summed E-state index contributed by atoms with van der Waals surface area (Å²) in [5.74, 6) is 0.322. The van der Waals surface area contributed by atoms with Crippen molar-refractivity contribution in [3.63, 3.8) is 0 Å². The lowest BCUT2D eigenvalue weighted by Gasteiger charge is -2.18. The van der Waals surface area contributed by atoms with Crippen LogP contribution >= 0.6 is 15.9 Å². The lowest BCUT2D eigenvalue weighted by molar-refractivity contribution is 0.465. The van der Waals surface area contributed by atoms with Crippen molar-refractivity contribution in [1.82, 2.24) is 4.98 Å². The van der Waals surface area contributed by atoms with Crippen molar-refractivity contribution in [2.45, 2.75) is 26.8 Å². The summed E-state index contributed by atoms with van der Waals surface area (Å²) in [5.41, 5.74) is 3.83. The molecule has 0 radical (unpaired) electrons. The molecule has 1 aromatic carbocycles. The Hall–Kier alpha value is -1.55.